The van der Waals surface area contributed by atoms with Gasteiger partial charge in [0, 0.05) is 6.54 Å². The lowest BCUT2D eigenvalue weighted by molar-refractivity contribution is -0.156. The molecule has 0 aliphatic carbocycles. The zero-order chi connectivity index (χ0) is 8.88. The number of hydrogen-bond donors (Lipinski definition) is 2. The molecule has 2 aliphatic rings. The summed E-state index contributed by atoms with van der Waals surface area (Å²) in [5.74, 6) is -2.35. The lowest BCUT2D eigenvalue weighted by atomic mass is 10.2. The molecule has 2 rings (SSSR count). The fourth-order valence-electron chi connectivity index (χ4n) is 1.43. The normalized spacial score (nSPS) is 43.7. The number of fused-ring (bicyclic) bond motifs is 1. The minimum atomic E-state index is -1.21. The average Bonchev–Trinajstić information content (AvgIpc) is 2.60. The Morgan fingerprint density at radius 3 is 2.42 bits per heavy atom. The molecule has 6 heteroatoms. The molecule has 2 fully saturated rings. The SMILES string of the molecule is O=C(O)C1O[C@H]2CN2[C@@H]1C(=O)O. The van der Waals surface area contributed by atoms with Crippen molar-refractivity contribution in [1.82, 2.24) is 4.90 Å². The monoisotopic (exact) mass is 173 g/mol. The van der Waals surface area contributed by atoms with E-state index in [0.717, 1.165) is 0 Å². The molecule has 2 saturated heterocycles. The van der Waals surface area contributed by atoms with Gasteiger partial charge >= 0.3 is 11.9 Å². The molecule has 0 aromatic heterocycles. The number of hydrogen-bond acceptors (Lipinski definition) is 4. The van der Waals surface area contributed by atoms with E-state index in [1.165, 1.54) is 4.90 Å². The van der Waals surface area contributed by atoms with Gasteiger partial charge in [0.05, 0.1) is 0 Å². The molecule has 66 valence electrons. The summed E-state index contributed by atoms with van der Waals surface area (Å²) in [7, 11) is 0. The van der Waals surface area contributed by atoms with Gasteiger partial charge in [0.1, 0.15) is 12.3 Å². The number of aliphatic carboxylic acids is 2. The summed E-state index contributed by atoms with van der Waals surface area (Å²) in [6.45, 7) is 0.529. The third-order valence-electron chi connectivity index (χ3n) is 2.05. The van der Waals surface area contributed by atoms with Crippen molar-refractivity contribution in [2.24, 2.45) is 0 Å². The summed E-state index contributed by atoms with van der Waals surface area (Å²) in [5.41, 5.74) is 0. The predicted octanol–water partition coefficient (Wildman–Crippen LogP) is -1.44. The van der Waals surface area contributed by atoms with Crippen LogP contribution in [0.25, 0.3) is 0 Å². The minimum absolute atomic E-state index is 0.285. The smallest absolute Gasteiger partial charge is 0.335 e. The van der Waals surface area contributed by atoms with Gasteiger partial charge in [0.15, 0.2) is 6.10 Å². The van der Waals surface area contributed by atoms with Crippen molar-refractivity contribution < 1.29 is 24.5 Å². The molecule has 2 heterocycles. The fourth-order valence-corrected chi connectivity index (χ4v) is 1.43. The quantitative estimate of drug-likeness (QED) is 0.497. The van der Waals surface area contributed by atoms with Gasteiger partial charge in [-0.3, -0.25) is 9.69 Å². The second-order valence-corrected chi connectivity index (χ2v) is 2.83. The zero-order valence-electron chi connectivity index (χ0n) is 6.01. The Morgan fingerprint density at radius 2 is 2.00 bits per heavy atom. The molecule has 0 spiro atoms. The molecule has 0 aromatic carbocycles. The van der Waals surface area contributed by atoms with E-state index >= 15 is 0 Å². The lowest BCUT2D eigenvalue weighted by Gasteiger charge is -2.12. The maximum absolute atomic E-state index is 10.6. The number of carbonyl (C=O) groups is 2. The van der Waals surface area contributed by atoms with Crippen LogP contribution >= 0.6 is 0 Å². The van der Waals surface area contributed by atoms with Crippen LogP contribution in [0.2, 0.25) is 0 Å². The van der Waals surface area contributed by atoms with Crippen LogP contribution in [-0.2, 0) is 14.3 Å². The van der Waals surface area contributed by atoms with Crippen LogP contribution in [-0.4, -0.2) is 52.0 Å². The van der Waals surface area contributed by atoms with Crippen LogP contribution in [0.15, 0.2) is 0 Å². The summed E-state index contributed by atoms with van der Waals surface area (Å²) >= 11 is 0. The van der Waals surface area contributed by atoms with Crippen LogP contribution < -0.4 is 0 Å². The van der Waals surface area contributed by atoms with E-state index in [-0.39, 0.29) is 6.23 Å². The first-order valence-corrected chi connectivity index (χ1v) is 3.48. The molecule has 12 heavy (non-hydrogen) atoms. The van der Waals surface area contributed by atoms with Crippen LogP contribution in [0.4, 0.5) is 0 Å². The van der Waals surface area contributed by atoms with E-state index in [9.17, 15) is 9.59 Å². The summed E-state index contributed by atoms with van der Waals surface area (Å²) in [6, 6.07) is -1.01. The fraction of sp³-hybridized carbons (Fsp3) is 0.667. The van der Waals surface area contributed by atoms with E-state index in [0.29, 0.717) is 6.54 Å². The third-order valence-corrected chi connectivity index (χ3v) is 2.05. The molecular weight excluding hydrogens is 166 g/mol. The molecule has 6 nitrogen and oxygen atoms in total. The van der Waals surface area contributed by atoms with Gasteiger partial charge in [0.2, 0.25) is 0 Å². The van der Waals surface area contributed by atoms with Crippen LogP contribution in [0.3, 0.4) is 0 Å². The van der Waals surface area contributed by atoms with Gasteiger partial charge in [-0.2, -0.15) is 0 Å². The van der Waals surface area contributed by atoms with E-state index in [1.807, 2.05) is 0 Å². The van der Waals surface area contributed by atoms with Crippen molar-refractivity contribution in [1.29, 1.82) is 0 Å². The number of carboxylic acids is 2. The van der Waals surface area contributed by atoms with Crippen molar-refractivity contribution in [2.45, 2.75) is 18.4 Å². The van der Waals surface area contributed by atoms with Crippen LogP contribution in [0.5, 0.6) is 0 Å². The summed E-state index contributed by atoms with van der Waals surface area (Å²) in [5, 5.41) is 17.2. The lowest BCUT2D eigenvalue weighted by Crippen LogP contribution is -2.42. The van der Waals surface area contributed by atoms with Crippen molar-refractivity contribution in [3.05, 3.63) is 0 Å². The number of ether oxygens (including phenoxy) is 1. The topological polar surface area (TPSA) is 86.8 Å². The Bertz CT molecular complexity index is 252. The van der Waals surface area contributed by atoms with E-state index < -0.39 is 24.1 Å². The molecule has 0 aromatic rings. The highest BCUT2D eigenvalue weighted by atomic mass is 16.6. The largest absolute Gasteiger partial charge is 0.480 e. The first-order valence-electron chi connectivity index (χ1n) is 3.48. The molecular formula is C6H7NO5. The number of carboxylic acid groups (broad SMARTS) is 2. The van der Waals surface area contributed by atoms with Crippen molar-refractivity contribution in [3.8, 4) is 0 Å². The van der Waals surface area contributed by atoms with Crippen molar-refractivity contribution in [3.63, 3.8) is 0 Å². The number of nitrogens with zero attached hydrogens (tertiary/aromatic N) is 1. The first-order chi connectivity index (χ1) is 5.61. The molecule has 2 unspecified atom stereocenters. The van der Waals surface area contributed by atoms with Gasteiger partial charge in [-0.1, -0.05) is 0 Å². The molecule has 2 N–H and O–H groups in total. The maximum atomic E-state index is 10.6. The number of morpholine rings is 1. The minimum Gasteiger partial charge on any atom is -0.480 e. The highest BCUT2D eigenvalue weighted by Crippen LogP contribution is 2.34. The highest BCUT2D eigenvalue weighted by molar-refractivity contribution is 5.85. The standard InChI is InChI=1S/C6H7NO5/c8-5(9)3-4(6(10)11)12-2-1-7(2)3/h2-4H,1H2,(H,8,9)(H,10,11)/t2-,3-,4?,7?/m0/s1. The Labute approximate surface area is 67.3 Å². The van der Waals surface area contributed by atoms with E-state index in [1.54, 1.807) is 0 Å². The van der Waals surface area contributed by atoms with Gasteiger partial charge in [0.25, 0.3) is 0 Å². The Morgan fingerprint density at radius 1 is 1.33 bits per heavy atom. The predicted molar refractivity (Wildman–Crippen MR) is 34.4 cm³/mol. The third kappa shape index (κ3) is 0.886. The molecule has 0 radical (unpaired) electrons. The van der Waals surface area contributed by atoms with E-state index in [4.69, 9.17) is 14.9 Å². The van der Waals surface area contributed by atoms with Gasteiger partial charge in [-0.15, -0.1) is 0 Å². The maximum Gasteiger partial charge on any atom is 0.335 e. The average molecular weight is 173 g/mol. The van der Waals surface area contributed by atoms with Crippen molar-refractivity contribution >= 4 is 11.9 Å². The highest BCUT2D eigenvalue weighted by Gasteiger charge is 2.58. The van der Waals surface area contributed by atoms with E-state index in [2.05, 4.69) is 0 Å². The molecule has 0 bridgehead atoms. The van der Waals surface area contributed by atoms with Gasteiger partial charge < -0.3 is 14.9 Å². The second-order valence-electron chi connectivity index (χ2n) is 2.83. The first kappa shape index (κ1) is 7.51. The summed E-state index contributed by atoms with van der Waals surface area (Å²) < 4.78 is 4.92. The molecule has 4 atom stereocenters. The van der Waals surface area contributed by atoms with Crippen molar-refractivity contribution in [2.75, 3.05) is 6.54 Å². The van der Waals surface area contributed by atoms with Gasteiger partial charge in [-0.25, -0.2) is 4.79 Å². The summed E-state index contributed by atoms with van der Waals surface area (Å²) in [4.78, 5) is 22.5. The molecule has 0 saturated carbocycles. The zero-order valence-corrected chi connectivity index (χ0v) is 6.01. The number of rotatable bonds is 2. The molecule has 0 amide bonds. The Kier molecular flexibility index (Phi) is 1.36. The Balaban J connectivity index is 2.16. The van der Waals surface area contributed by atoms with Crippen LogP contribution in [0, 0.1) is 0 Å². The molecule has 2 aliphatic heterocycles. The second kappa shape index (κ2) is 2.18. The van der Waals surface area contributed by atoms with Gasteiger partial charge in [-0.05, 0) is 0 Å². The Hall–Kier alpha value is -1.14. The summed E-state index contributed by atoms with van der Waals surface area (Å²) in [6.07, 6.45) is -1.49. The van der Waals surface area contributed by atoms with Crippen LogP contribution in [0.1, 0.15) is 0 Å².